The third-order valence-corrected chi connectivity index (χ3v) is 1.80. The van der Waals surface area contributed by atoms with Crippen LogP contribution in [0.1, 0.15) is 48.0 Å². The molecule has 0 fully saturated rings. The molecule has 0 rings (SSSR count). The average molecular weight is 172 g/mol. The first-order valence-electron chi connectivity index (χ1n) is 4.89. The molecule has 0 aliphatic rings. The summed E-state index contributed by atoms with van der Waals surface area (Å²) in [5.74, 6) is 0. The Bertz CT molecular complexity index is 115. The summed E-state index contributed by atoms with van der Waals surface area (Å²) in [4.78, 5) is 0. The molecule has 0 aromatic heterocycles. The Morgan fingerprint density at radius 3 is 2.00 bits per heavy atom. The first-order valence-corrected chi connectivity index (χ1v) is 4.89. The van der Waals surface area contributed by atoms with E-state index in [1.807, 2.05) is 0 Å². The SMILES string of the molecule is CCC(C)NC(C)NC(C)(C)C. The smallest absolute Gasteiger partial charge is 0.0548 e. The molecule has 0 bridgehead atoms. The van der Waals surface area contributed by atoms with Crippen LogP contribution in [-0.4, -0.2) is 17.7 Å². The zero-order valence-electron chi connectivity index (χ0n) is 9.36. The number of hydrogen-bond acceptors (Lipinski definition) is 2. The van der Waals surface area contributed by atoms with Gasteiger partial charge in [-0.3, -0.25) is 10.6 Å². The highest BCUT2D eigenvalue weighted by Gasteiger charge is 2.13. The van der Waals surface area contributed by atoms with Crippen molar-refractivity contribution in [3.05, 3.63) is 0 Å². The van der Waals surface area contributed by atoms with Crippen LogP contribution in [0.2, 0.25) is 0 Å². The largest absolute Gasteiger partial charge is 0.300 e. The van der Waals surface area contributed by atoms with Crippen LogP contribution >= 0.6 is 0 Å². The topological polar surface area (TPSA) is 24.1 Å². The highest BCUT2D eigenvalue weighted by atomic mass is 15.2. The lowest BCUT2D eigenvalue weighted by molar-refractivity contribution is 0.311. The zero-order chi connectivity index (χ0) is 9.78. The van der Waals surface area contributed by atoms with E-state index >= 15 is 0 Å². The maximum atomic E-state index is 3.47. The minimum Gasteiger partial charge on any atom is -0.300 e. The van der Waals surface area contributed by atoms with Crippen LogP contribution in [0.25, 0.3) is 0 Å². The number of rotatable bonds is 4. The molecule has 0 heterocycles. The van der Waals surface area contributed by atoms with E-state index in [9.17, 15) is 0 Å². The molecule has 0 aromatic carbocycles. The molecule has 0 aliphatic heterocycles. The summed E-state index contributed by atoms with van der Waals surface area (Å²) in [6.45, 7) is 13.1. The highest BCUT2D eigenvalue weighted by molar-refractivity contribution is 4.75. The molecule has 0 radical (unpaired) electrons. The van der Waals surface area contributed by atoms with Gasteiger partial charge in [-0.25, -0.2) is 0 Å². The Morgan fingerprint density at radius 2 is 1.67 bits per heavy atom. The van der Waals surface area contributed by atoms with Crippen LogP contribution in [0.5, 0.6) is 0 Å². The minimum atomic E-state index is 0.194. The maximum Gasteiger partial charge on any atom is 0.0548 e. The summed E-state index contributed by atoms with van der Waals surface area (Å²) in [7, 11) is 0. The van der Waals surface area contributed by atoms with Crippen molar-refractivity contribution in [2.45, 2.75) is 65.7 Å². The van der Waals surface area contributed by atoms with Gasteiger partial charge in [0.15, 0.2) is 0 Å². The van der Waals surface area contributed by atoms with E-state index < -0.39 is 0 Å². The van der Waals surface area contributed by atoms with E-state index in [0.29, 0.717) is 12.2 Å². The first kappa shape index (κ1) is 11.9. The van der Waals surface area contributed by atoms with E-state index in [1.54, 1.807) is 0 Å². The van der Waals surface area contributed by atoms with Crippen molar-refractivity contribution in [3.8, 4) is 0 Å². The van der Waals surface area contributed by atoms with Gasteiger partial charge in [0, 0.05) is 11.6 Å². The molecule has 12 heavy (non-hydrogen) atoms. The fourth-order valence-electron chi connectivity index (χ4n) is 1.24. The second-order valence-electron chi connectivity index (χ2n) is 4.59. The van der Waals surface area contributed by atoms with Crippen molar-refractivity contribution >= 4 is 0 Å². The van der Waals surface area contributed by atoms with E-state index in [-0.39, 0.29) is 5.54 Å². The van der Waals surface area contributed by atoms with Gasteiger partial charge < -0.3 is 0 Å². The van der Waals surface area contributed by atoms with Gasteiger partial charge >= 0.3 is 0 Å². The lowest BCUT2D eigenvalue weighted by atomic mass is 10.1. The zero-order valence-corrected chi connectivity index (χ0v) is 9.36. The summed E-state index contributed by atoms with van der Waals surface area (Å²) in [6.07, 6.45) is 1.57. The number of nitrogens with one attached hydrogen (secondary N) is 2. The summed E-state index contributed by atoms with van der Waals surface area (Å²) in [5, 5.41) is 6.95. The Hall–Kier alpha value is -0.0800. The van der Waals surface area contributed by atoms with E-state index in [4.69, 9.17) is 0 Å². The van der Waals surface area contributed by atoms with E-state index in [1.165, 1.54) is 6.42 Å². The third kappa shape index (κ3) is 6.62. The second kappa shape index (κ2) is 4.83. The van der Waals surface area contributed by atoms with Gasteiger partial charge in [0.05, 0.1) is 6.17 Å². The quantitative estimate of drug-likeness (QED) is 0.635. The molecule has 2 nitrogen and oxygen atoms in total. The van der Waals surface area contributed by atoms with E-state index in [2.05, 4.69) is 52.2 Å². The van der Waals surface area contributed by atoms with Gasteiger partial charge in [0.1, 0.15) is 0 Å². The molecular weight excluding hydrogens is 148 g/mol. The van der Waals surface area contributed by atoms with Crippen LogP contribution in [0.3, 0.4) is 0 Å². The lowest BCUT2D eigenvalue weighted by Gasteiger charge is -2.28. The van der Waals surface area contributed by atoms with Crippen molar-refractivity contribution in [2.75, 3.05) is 0 Å². The summed E-state index contributed by atoms with van der Waals surface area (Å²) in [5.41, 5.74) is 0.194. The van der Waals surface area contributed by atoms with Crippen LogP contribution in [0.4, 0.5) is 0 Å². The molecular formula is C10H24N2. The van der Waals surface area contributed by atoms with Crippen molar-refractivity contribution in [1.29, 1.82) is 0 Å². The average Bonchev–Trinajstić information content (AvgIpc) is 1.82. The van der Waals surface area contributed by atoms with Gasteiger partial charge in [-0.05, 0) is 41.0 Å². The summed E-state index contributed by atoms with van der Waals surface area (Å²) >= 11 is 0. The summed E-state index contributed by atoms with van der Waals surface area (Å²) in [6, 6.07) is 0.592. The van der Waals surface area contributed by atoms with Gasteiger partial charge in [-0.15, -0.1) is 0 Å². The predicted octanol–water partition coefficient (Wildman–Crippen LogP) is 2.11. The normalized spacial score (nSPS) is 17.5. The molecule has 74 valence electrons. The Labute approximate surface area is 77.1 Å². The van der Waals surface area contributed by atoms with Crippen molar-refractivity contribution < 1.29 is 0 Å². The van der Waals surface area contributed by atoms with Crippen molar-refractivity contribution in [3.63, 3.8) is 0 Å². The van der Waals surface area contributed by atoms with Crippen molar-refractivity contribution in [2.24, 2.45) is 0 Å². The van der Waals surface area contributed by atoms with Crippen LogP contribution in [-0.2, 0) is 0 Å². The van der Waals surface area contributed by atoms with Crippen LogP contribution < -0.4 is 10.6 Å². The third-order valence-electron chi connectivity index (χ3n) is 1.80. The molecule has 0 aliphatic carbocycles. The molecule has 0 amide bonds. The van der Waals surface area contributed by atoms with E-state index in [0.717, 1.165) is 0 Å². The molecule has 0 saturated carbocycles. The predicted molar refractivity (Wildman–Crippen MR) is 55.2 cm³/mol. The molecule has 0 spiro atoms. The monoisotopic (exact) mass is 172 g/mol. The number of hydrogen-bond donors (Lipinski definition) is 2. The standard InChI is InChI=1S/C10H24N2/c1-7-8(2)11-9(3)12-10(4,5)6/h8-9,11-12H,7H2,1-6H3. The Morgan fingerprint density at radius 1 is 1.17 bits per heavy atom. The van der Waals surface area contributed by atoms with Gasteiger partial charge in [-0.2, -0.15) is 0 Å². The van der Waals surface area contributed by atoms with Gasteiger partial charge in [-0.1, -0.05) is 6.92 Å². The second-order valence-corrected chi connectivity index (χ2v) is 4.59. The van der Waals surface area contributed by atoms with Crippen LogP contribution in [0.15, 0.2) is 0 Å². The molecule has 2 atom stereocenters. The molecule has 2 unspecified atom stereocenters. The highest BCUT2D eigenvalue weighted by Crippen LogP contribution is 2.00. The Kier molecular flexibility index (Phi) is 4.80. The van der Waals surface area contributed by atoms with Crippen LogP contribution in [0, 0.1) is 0 Å². The Balaban J connectivity index is 3.66. The molecule has 0 saturated heterocycles. The maximum absolute atomic E-state index is 3.47. The van der Waals surface area contributed by atoms with Gasteiger partial charge in [0.2, 0.25) is 0 Å². The minimum absolute atomic E-state index is 0.194. The molecule has 0 aromatic rings. The van der Waals surface area contributed by atoms with Crippen molar-refractivity contribution in [1.82, 2.24) is 10.6 Å². The summed E-state index contributed by atoms with van der Waals surface area (Å²) < 4.78 is 0. The lowest BCUT2D eigenvalue weighted by Crippen LogP contribution is -2.51. The molecule has 2 heteroatoms. The fourth-order valence-corrected chi connectivity index (χ4v) is 1.24. The van der Waals surface area contributed by atoms with Gasteiger partial charge in [0.25, 0.3) is 0 Å². The fraction of sp³-hybridized carbons (Fsp3) is 1.00. The molecule has 2 N–H and O–H groups in total. The first-order chi connectivity index (χ1) is 5.35.